The van der Waals surface area contributed by atoms with Crippen molar-refractivity contribution in [2.75, 3.05) is 0 Å². The summed E-state index contributed by atoms with van der Waals surface area (Å²) in [5, 5.41) is 0. The number of benzene rings is 1. The van der Waals surface area contributed by atoms with Gasteiger partial charge in [0.2, 0.25) is 0 Å². The number of halogens is 1. The van der Waals surface area contributed by atoms with Crippen molar-refractivity contribution in [1.82, 2.24) is 4.98 Å². The van der Waals surface area contributed by atoms with Crippen molar-refractivity contribution < 1.29 is 0 Å². The summed E-state index contributed by atoms with van der Waals surface area (Å²) >= 11 is 3.47. The largest absolute Gasteiger partial charge is 0.255 e. The van der Waals surface area contributed by atoms with Crippen LogP contribution in [0.1, 0.15) is 55.1 Å². The minimum Gasteiger partial charge on any atom is -0.255 e. The lowest BCUT2D eigenvalue weighted by Crippen LogP contribution is -2.25. The van der Waals surface area contributed by atoms with Crippen molar-refractivity contribution in [3.63, 3.8) is 0 Å². The van der Waals surface area contributed by atoms with E-state index in [-0.39, 0.29) is 0 Å². The van der Waals surface area contributed by atoms with Gasteiger partial charge in [-0.2, -0.15) is 0 Å². The Morgan fingerprint density at radius 1 is 0.818 bits per heavy atom. The van der Waals surface area contributed by atoms with Gasteiger partial charge in [0.1, 0.15) is 0 Å². The van der Waals surface area contributed by atoms with E-state index in [2.05, 4.69) is 51.2 Å². The fourth-order valence-electron chi connectivity index (χ4n) is 5.36. The van der Waals surface area contributed by atoms with Crippen LogP contribution in [0.25, 0.3) is 11.3 Å². The van der Waals surface area contributed by atoms with E-state index in [0.717, 1.165) is 33.8 Å². The predicted octanol–water partition coefficient (Wildman–Crippen LogP) is 5.90. The Bertz CT molecular complexity index is 707. The number of hydrogen-bond donors (Lipinski definition) is 0. The standard InChI is InChI=1S/C20H20BrN/c21-17-2-4-20(22-11-17)14-1-3-18-15-6-12-5-13(7-15)9-16(8-12)19(18)10-14/h1-4,10-13,15-16H,5-9H2. The van der Waals surface area contributed by atoms with Crippen molar-refractivity contribution in [2.45, 2.75) is 43.9 Å². The molecule has 1 aromatic carbocycles. The molecule has 2 aromatic rings. The molecule has 0 radical (unpaired) electrons. The van der Waals surface area contributed by atoms with Crippen LogP contribution in [-0.4, -0.2) is 4.98 Å². The van der Waals surface area contributed by atoms with Crippen molar-refractivity contribution in [2.24, 2.45) is 11.8 Å². The normalized spacial score (nSPS) is 31.9. The molecule has 112 valence electrons. The summed E-state index contributed by atoms with van der Waals surface area (Å²) in [5.41, 5.74) is 5.69. The molecule has 0 N–H and O–H groups in total. The highest BCUT2D eigenvalue weighted by atomic mass is 79.9. The molecule has 2 heteroatoms. The Labute approximate surface area is 140 Å². The molecule has 4 aliphatic carbocycles. The number of nitrogens with zero attached hydrogens (tertiary/aromatic N) is 1. The van der Waals surface area contributed by atoms with Crippen molar-refractivity contribution >= 4 is 15.9 Å². The average Bonchev–Trinajstić information content (AvgIpc) is 2.69. The van der Waals surface area contributed by atoms with Crippen LogP contribution in [-0.2, 0) is 0 Å². The summed E-state index contributed by atoms with van der Waals surface area (Å²) < 4.78 is 1.04. The van der Waals surface area contributed by atoms with E-state index >= 15 is 0 Å². The molecule has 0 aliphatic heterocycles. The molecule has 0 saturated heterocycles. The Morgan fingerprint density at radius 2 is 1.55 bits per heavy atom. The van der Waals surface area contributed by atoms with Crippen molar-refractivity contribution in [3.05, 3.63) is 52.1 Å². The fraction of sp³-hybridized carbons (Fsp3) is 0.450. The van der Waals surface area contributed by atoms with Gasteiger partial charge in [-0.1, -0.05) is 12.1 Å². The van der Waals surface area contributed by atoms with Crippen LogP contribution in [0.5, 0.6) is 0 Å². The molecule has 1 heterocycles. The second kappa shape index (κ2) is 4.92. The summed E-state index contributed by atoms with van der Waals surface area (Å²) in [6, 6.07) is 11.4. The minimum atomic E-state index is 0.807. The second-order valence-electron chi connectivity index (χ2n) is 7.51. The zero-order valence-corrected chi connectivity index (χ0v) is 14.2. The van der Waals surface area contributed by atoms with E-state index in [9.17, 15) is 0 Å². The van der Waals surface area contributed by atoms with Gasteiger partial charge >= 0.3 is 0 Å². The van der Waals surface area contributed by atoms with Gasteiger partial charge in [-0.05, 0) is 101 Å². The molecule has 6 rings (SSSR count). The lowest BCUT2D eigenvalue weighted by atomic mass is 9.67. The maximum Gasteiger partial charge on any atom is 0.0702 e. The topological polar surface area (TPSA) is 12.9 Å². The van der Waals surface area contributed by atoms with E-state index < -0.39 is 0 Å². The summed E-state index contributed by atoms with van der Waals surface area (Å²) in [6.45, 7) is 0. The van der Waals surface area contributed by atoms with Crippen molar-refractivity contribution in [3.8, 4) is 11.3 Å². The summed E-state index contributed by atoms with van der Waals surface area (Å²) in [4.78, 5) is 4.58. The maximum atomic E-state index is 4.58. The molecule has 4 bridgehead atoms. The predicted molar refractivity (Wildman–Crippen MR) is 92.9 cm³/mol. The van der Waals surface area contributed by atoms with Gasteiger partial charge in [-0.15, -0.1) is 0 Å². The van der Waals surface area contributed by atoms with Gasteiger partial charge in [-0.25, -0.2) is 0 Å². The van der Waals surface area contributed by atoms with Crippen molar-refractivity contribution in [1.29, 1.82) is 0 Å². The van der Waals surface area contributed by atoms with Crippen LogP contribution < -0.4 is 0 Å². The Hall–Kier alpha value is -1.15. The van der Waals surface area contributed by atoms with Crippen LogP contribution in [0.3, 0.4) is 0 Å². The van der Waals surface area contributed by atoms with Crippen LogP contribution >= 0.6 is 15.9 Å². The molecule has 1 nitrogen and oxygen atoms in total. The van der Waals surface area contributed by atoms with Gasteiger partial charge in [0.25, 0.3) is 0 Å². The molecule has 4 aliphatic rings. The second-order valence-corrected chi connectivity index (χ2v) is 8.43. The van der Waals surface area contributed by atoms with Gasteiger partial charge in [-0.3, -0.25) is 4.98 Å². The van der Waals surface area contributed by atoms with Gasteiger partial charge < -0.3 is 0 Å². The van der Waals surface area contributed by atoms with E-state index in [4.69, 9.17) is 0 Å². The van der Waals surface area contributed by atoms with Gasteiger partial charge in [0, 0.05) is 16.2 Å². The first-order chi connectivity index (χ1) is 10.8. The SMILES string of the molecule is Brc1ccc(-c2ccc3c(c2)C2CC4CC(CC3C4)C2)nc1. The fourth-order valence-corrected chi connectivity index (χ4v) is 5.60. The number of rotatable bonds is 1. The Morgan fingerprint density at radius 3 is 2.23 bits per heavy atom. The van der Waals surface area contributed by atoms with Gasteiger partial charge in [0.15, 0.2) is 0 Å². The summed E-state index contributed by atoms with van der Waals surface area (Å²) in [7, 11) is 0. The smallest absolute Gasteiger partial charge is 0.0702 e. The number of aromatic nitrogens is 1. The highest BCUT2D eigenvalue weighted by Crippen LogP contribution is 2.56. The average molecular weight is 354 g/mol. The molecular weight excluding hydrogens is 334 g/mol. The molecule has 2 atom stereocenters. The Kier molecular flexibility index (Phi) is 2.98. The Balaban J connectivity index is 1.61. The van der Waals surface area contributed by atoms with E-state index in [1.54, 1.807) is 11.1 Å². The zero-order chi connectivity index (χ0) is 14.7. The molecule has 2 fully saturated rings. The maximum absolute atomic E-state index is 4.58. The van der Waals surface area contributed by atoms with Crippen LogP contribution in [0, 0.1) is 11.8 Å². The monoisotopic (exact) mass is 353 g/mol. The van der Waals surface area contributed by atoms with E-state index in [1.807, 2.05) is 6.20 Å². The lowest BCUT2D eigenvalue weighted by molar-refractivity contribution is 0.166. The third-order valence-electron chi connectivity index (χ3n) is 6.13. The summed E-state index contributed by atoms with van der Waals surface area (Å²) in [6.07, 6.45) is 9.14. The zero-order valence-electron chi connectivity index (χ0n) is 12.6. The first-order valence-electron chi connectivity index (χ1n) is 8.52. The number of hydrogen-bond acceptors (Lipinski definition) is 1. The molecule has 22 heavy (non-hydrogen) atoms. The van der Waals surface area contributed by atoms with Crippen LogP contribution in [0.15, 0.2) is 41.0 Å². The first kappa shape index (κ1) is 13.3. The molecule has 1 aromatic heterocycles. The van der Waals surface area contributed by atoms with Crippen LogP contribution in [0.2, 0.25) is 0 Å². The number of pyridine rings is 1. The highest BCUT2D eigenvalue weighted by Gasteiger charge is 2.41. The van der Waals surface area contributed by atoms with Crippen LogP contribution in [0.4, 0.5) is 0 Å². The highest BCUT2D eigenvalue weighted by molar-refractivity contribution is 9.10. The minimum absolute atomic E-state index is 0.807. The molecule has 0 amide bonds. The third kappa shape index (κ3) is 2.07. The van der Waals surface area contributed by atoms with Gasteiger partial charge in [0.05, 0.1) is 5.69 Å². The molecule has 0 spiro atoms. The summed E-state index contributed by atoms with van der Waals surface area (Å²) in [5.74, 6) is 3.62. The first-order valence-corrected chi connectivity index (χ1v) is 9.31. The molecule has 2 unspecified atom stereocenters. The lowest BCUT2D eigenvalue weighted by Gasteiger charge is -2.38. The quantitative estimate of drug-likeness (QED) is 0.621. The van der Waals surface area contributed by atoms with E-state index in [1.165, 1.54) is 37.7 Å². The third-order valence-corrected chi connectivity index (χ3v) is 6.60. The van der Waals surface area contributed by atoms with E-state index in [0.29, 0.717) is 0 Å². The molecule has 2 saturated carbocycles. The molecular formula is C20H20BrN.